The molecule has 0 spiro atoms. The third-order valence-corrected chi connectivity index (χ3v) is 4.88. The number of ether oxygens (including phenoxy) is 1. The summed E-state index contributed by atoms with van der Waals surface area (Å²) >= 11 is 3.81. The average Bonchev–Trinajstić information content (AvgIpc) is 2.19. The Balaban J connectivity index is 1.87. The Bertz CT molecular complexity index is 175. The van der Waals surface area contributed by atoms with Crippen LogP contribution in [0.25, 0.3) is 0 Å². The molecule has 0 N–H and O–H groups in total. The summed E-state index contributed by atoms with van der Waals surface area (Å²) in [6.07, 6.45) is 13.0. The first-order valence-electron chi connectivity index (χ1n) is 6.63. The minimum absolute atomic E-state index is 0.511. The van der Waals surface area contributed by atoms with Gasteiger partial charge in [0.1, 0.15) is 0 Å². The van der Waals surface area contributed by atoms with Gasteiger partial charge in [-0.2, -0.15) is 0 Å². The second-order valence-corrected chi connectivity index (χ2v) is 6.27. The van der Waals surface area contributed by atoms with Gasteiger partial charge in [-0.3, -0.25) is 0 Å². The maximum absolute atomic E-state index is 5.98. The van der Waals surface area contributed by atoms with Crippen LogP contribution < -0.4 is 0 Å². The zero-order valence-electron chi connectivity index (χ0n) is 9.59. The summed E-state index contributed by atoms with van der Waals surface area (Å²) in [6, 6.07) is 0. The molecule has 2 atom stereocenters. The number of halogens is 1. The summed E-state index contributed by atoms with van der Waals surface area (Å²) in [4.78, 5) is 0.621. The molecule has 2 unspecified atom stereocenters. The largest absolute Gasteiger partial charge is 0.377 e. The maximum atomic E-state index is 5.98. The number of hydrogen-bond acceptors (Lipinski definition) is 1. The predicted octanol–water partition coefficient (Wildman–Crippen LogP) is 4.29. The molecule has 2 heteroatoms. The van der Waals surface area contributed by atoms with E-state index in [2.05, 4.69) is 15.9 Å². The molecular formula is C13H23BrO. The van der Waals surface area contributed by atoms with Crippen LogP contribution in [0.5, 0.6) is 0 Å². The van der Waals surface area contributed by atoms with Crippen LogP contribution in [0.15, 0.2) is 0 Å². The average molecular weight is 275 g/mol. The van der Waals surface area contributed by atoms with Crippen LogP contribution in [0.3, 0.4) is 0 Å². The van der Waals surface area contributed by atoms with Crippen molar-refractivity contribution in [2.75, 3.05) is 6.61 Å². The molecule has 2 fully saturated rings. The van der Waals surface area contributed by atoms with Gasteiger partial charge in [-0.05, 0) is 31.6 Å². The Kier molecular flexibility index (Phi) is 4.96. The lowest BCUT2D eigenvalue weighted by Gasteiger charge is -2.35. The van der Waals surface area contributed by atoms with Gasteiger partial charge in [0.15, 0.2) is 0 Å². The molecule has 0 aromatic heterocycles. The zero-order chi connectivity index (χ0) is 10.5. The summed E-state index contributed by atoms with van der Waals surface area (Å²) in [5, 5.41) is 0. The quantitative estimate of drug-likeness (QED) is 0.649. The van der Waals surface area contributed by atoms with E-state index >= 15 is 0 Å². The third-order valence-electron chi connectivity index (χ3n) is 3.91. The van der Waals surface area contributed by atoms with E-state index in [-0.39, 0.29) is 0 Å². The molecule has 2 aliphatic rings. The number of alkyl halides is 1. The fraction of sp³-hybridized carbons (Fsp3) is 1.00. The first-order valence-corrected chi connectivity index (χ1v) is 7.55. The van der Waals surface area contributed by atoms with Crippen LogP contribution >= 0.6 is 15.9 Å². The molecule has 0 aromatic rings. The molecule has 88 valence electrons. The Hall–Kier alpha value is 0.440. The van der Waals surface area contributed by atoms with E-state index in [0.717, 1.165) is 12.5 Å². The summed E-state index contributed by atoms with van der Waals surface area (Å²) in [5.74, 6) is 0.829. The highest BCUT2D eigenvalue weighted by molar-refractivity contribution is 9.09. The van der Waals surface area contributed by atoms with Crippen molar-refractivity contribution in [3.63, 3.8) is 0 Å². The normalized spacial score (nSPS) is 35.8. The van der Waals surface area contributed by atoms with E-state index in [9.17, 15) is 0 Å². The van der Waals surface area contributed by atoms with E-state index in [1.165, 1.54) is 57.8 Å². The molecular weight excluding hydrogens is 252 g/mol. The second-order valence-electron chi connectivity index (χ2n) is 5.10. The van der Waals surface area contributed by atoms with Gasteiger partial charge < -0.3 is 4.74 Å². The molecule has 1 aliphatic carbocycles. The Morgan fingerprint density at radius 1 is 0.800 bits per heavy atom. The van der Waals surface area contributed by atoms with Crippen molar-refractivity contribution in [1.29, 1.82) is 0 Å². The molecule has 1 saturated carbocycles. The SMILES string of the molecule is BrC1CCCOC1C1CCCCCCC1. The van der Waals surface area contributed by atoms with Crippen LogP contribution in [-0.4, -0.2) is 17.5 Å². The minimum atomic E-state index is 0.511. The monoisotopic (exact) mass is 274 g/mol. The maximum Gasteiger partial charge on any atom is 0.0728 e. The zero-order valence-corrected chi connectivity index (χ0v) is 11.2. The lowest BCUT2D eigenvalue weighted by Crippen LogP contribution is -2.37. The van der Waals surface area contributed by atoms with Crippen LogP contribution in [0.2, 0.25) is 0 Å². The van der Waals surface area contributed by atoms with Crippen molar-refractivity contribution in [2.24, 2.45) is 5.92 Å². The van der Waals surface area contributed by atoms with Crippen molar-refractivity contribution < 1.29 is 4.74 Å². The van der Waals surface area contributed by atoms with Crippen LogP contribution in [0, 0.1) is 5.92 Å². The standard InChI is InChI=1S/C13H23BrO/c14-12-9-6-10-15-13(12)11-7-4-2-1-3-5-8-11/h11-13H,1-10H2. The molecule has 15 heavy (non-hydrogen) atoms. The van der Waals surface area contributed by atoms with E-state index in [4.69, 9.17) is 4.74 Å². The van der Waals surface area contributed by atoms with Crippen molar-refractivity contribution in [3.8, 4) is 0 Å². The molecule has 0 bridgehead atoms. The second kappa shape index (κ2) is 6.24. The molecule has 1 aliphatic heterocycles. The molecule has 0 amide bonds. The van der Waals surface area contributed by atoms with Crippen molar-refractivity contribution in [1.82, 2.24) is 0 Å². The first kappa shape index (κ1) is 11.9. The number of hydrogen-bond donors (Lipinski definition) is 0. The Morgan fingerprint density at radius 2 is 1.47 bits per heavy atom. The summed E-state index contributed by atoms with van der Waals surface area (Å²) in [7, 11) is 0. The molecule has 0 aromatic carbocycles. The molecule has 2 rings (SSSR count). The van der Waals surface area contributed by atoms with Gasteiger partial charge in [0, 0.05) is 11.4 Å². The van der Waals surface area contributed by atoms with E-state index < -0.39 is 0 Å². The molecule has 1 heterocycles. The highest BCUT2D eigenvalue weighted by Crippen LogP contribution is 2.33. The summed E-state index contributed by atoms with van der Waals surface area (Å²) in [6.45, 7) is 0.989. The van der Waals surface area contributed by atoms with Gasteiger partial charge in [0.25, 0.3) is 0 Å². The van der Waals surface area contributed by atoms with Gasteiger partial charge in [-0.1, -0.05) is 48.0 Å². The van der Waals surface area contributed by atoms with Crippen molar-refractivity contribution in [2.45, 2.75) is 68.7 Å². The molecule has 1 saturated heterocycles. The highest BCUT2D eigenvalue weighted by Gasteiger charge is 2.30. The lowest BCUT2D eigenvalue weighted by molar-refractivity contribution is -0.0212. The highest BCUT2D eigenvalue weighted by atomic mass is 79.9. The Labute approximate surface area is 102 Å². The predicted molar refractivity (Wildman–Crippen MR) is 67.5 cm³/mol. The van der Waals surface area contributed by atoms with Gasteiger partial charge in [0.2, 0.25) is 0 Å². The molecule has 0 radical (unpaired) electrons. The smallest absolute Gasteiger partial charge is 0.0728 e. The van der Waals surface area contributed by atoms with Gasteiger partial charge in [-0.15, -0.1) is 0 Å². The van der Waals surface area contributed by atoms with Crippen LogP contribution in [0.1, 0.15) is 57.8 Å². The van der Waals surface area contributed by atoms with Crippen molar-refractivity contribution in [3.05, 3.63) is 0 Å². The third kappa shape index (κ3) is 3.45. The van der Waals surface area contributed by atoms with E-state index in [1.54, 1.807) is 0 Å². The molecule has 1 nitrogen and oxygen atoms in total. The van der Waals surface area contributed by atoms with Crippen LogP contribution in [0.4, 0.5) is 0 Å². The topological polar surface area (TPSA) is 9.23 Å². The summed E-state index contributed by atoms with van der Waals surface area (Å²) < 4.78 is 5.98. The number of rotatable bonds is 1. The van der Waals surface area contributed by atoms with Gasteiger partial charge >= 0.3 is 0 Å². The lowest BCUT2D eigenvalue weighted by atomic mass is 9.84. The van der Waals surface area contributed by atoms with Gasteiger partial charge in [0.05, 0.1) is 6.10 Å². The summed E-state index contributed by atoms with van der Waals surface area (Å²) in [5.41, 5.74) is 0. The van der Waals surface area contributed by atoms with Crippen molar-refractivity contribution >= 4 is 15.9 Å². The minimum Gasteiger partial charge on any atom is -0.377 e. The Morgan fingerprint density at radius 3 is 2.13 bits per heavy atom. The van der Waals surface area contributed by atoms with Crippen LogP contribution in [-0.2, 0) is 4.74 Å². The van der Waals surface area contributed by atoms with E-state index in [0.29, 0.717) is 10.9 Å². The van der Waals surface area contributed by atoms with Gasteiger partial charge in [-0.25, -0.2) is 0 Å². The fourth-order valence-corrected chi connectivity index (χ4v) is 3.92. The first-order chi connectivity index (χ1) is 7.38. The fourth-order valence-electron chi connectivity index (χ4n) is 3.01. The van der Waals surface area contributed by atoms with E-state index in [1.807, 2.05) is 0 Å².